The predicted molar refractivity (Wildman–Crippen MR) is 67.0 cm³/mol. The Morgan fingerprint density at radius 3 is 2.69 bits per heavy atom. The molecule has 0 saturated carbocycles. The minimum absolute atomic E-state index is 0.0118. The van der Waals surface area contributed by atoms with E-state index in [1.807, 2.05) is 6.26 Å². The van der Waals surface area contributed by atoms with Gasteiger partial charge in [-0.25, -0.2) is 0 Å². The zero-order chi connectivity index (χ0) is 12.2. The van der Waals surface area contributed by atoms with E-state index >= 15 is 0 Å². The average molecular weight is 240 g/mol. The van der Waals surface area contributed by atoms with Crippen molar-refractivity contribution in [1.29, 1.82) is 0 Å². The van der Waals surface area contributed by atoms with E-state index in [1.165, 1.54) is 18.3 Å². The molecule has 0 aliphatic rings. The monoisotopic (exact) mass is 240 g/mol. The molecule has 1 aromatic rings. The van der Waals surface area contributed by atoms with Crippen LogP contribution in [0.25, 0.3) is 0 Å². The molecule has 88 valence electrons. The summed E-state index contributed by atoms with van der Waals surface area (Å²) in [6, 6.07) is 2.86. The molecule has 0 saturated heterocycles. The number of pyridine rings is 1. The summed E-state index contributed by atoms with van der Waals surface area (Å²) in [7, 11) is 0. The lowest BCUT2D eigenvalue weighted by Crippen LogP contribution is -2.36. The van der Waals surface area contributed by atoms with Gasteiger partial charge in [0.15, 0.2) is 0 Å². The zero-order valence-corrected chi connectivity index (χ0v) is 10.5. The Morgan fingerprint density at radius 2 is 2.19 bits per heavy atom. The minimum Gasteiger partial charge on any atom is -0.351 e. The predicted octanol–water partition coefficient (Wildman–Crippen LogP) is 1.25. The van der Waals surface area contributed by atoms with Crippen LogP contribution in [0.3, 0.4) is 0 Å². The van der Waals surface area contributed by atoms with E-state index in [9.17, 15) is 9.59 Å². The van der Waals surface area contributed by atoms with Gasteiger partial charge in [0, 0.05) is 23.6 Å². The molecule has 0 aromatic carbocycles. The topological polar surface area (TPSA) is 62.0 Å². The Hall–Kier alpha value is -1.23. The Labute approximate surface area is 98.8 Å². The van der Waals surface area contributed by atoms with Gasteiger partial charge in [-0.15, -0.1) is 0 Å². The van der Waals surface area contributed by atoms with Crippen LogP contribution in [0.4, 0.5) is 0 Å². The SMILES string of the molecule is CSC(C)(C)CNC(=O)c1ccc(=O)[nH]c1. The first kappa shape index (κ1) is 12.8. The Kier molecular flexibility index (Phi) is 4.18. The minimum atomic E-state index is -0.207. The number of nitrogens with one attached hydrogen (secondary N) is 2. The van der Waals surface area contributed by atoms with Gasteiger partial charge in [0.05, 0.1) is 5.56 Å². The first-order chi connectivity index (χ1) is 7.44. The first-order valence-corrected chi connectivity index (χ1v) is 6.19. The van der Waals surface area contributed by atoms with Gasteiger partial charge in [-0.3, -0.25) is 9.59 Å². The van der Waals surface area contributed by atoms with Crippen LogP contribution in [0.15, 0.2) is 23.1 Å². The number of H-pyrrole nitrogens is 1. The van der Waals surface area contributed by atoms with Crippen LogP contribution >= 0.6 is 11.8 Å². The molecule has 2 N–H and O–H groups in total. The van der Waals surface area contributed by atoms with Crippen molar-refractivity contribution in [3.63, 3.8) is 0 Å². The number of thioether (sulfide) groups is 1. The van der Waals surface area contributed by atoms with Gasteiger partial charge in [0.2, 0.25) is 5.56 Å². The third kappa shape index (κ3) is 3.73. The van der Waals surface area contributed by atoms with Crippen molar-refractivity contribution >= 4 is 17.7 Å². The third-order valence-corrected chi connectivity index (χ3v) is 3.52. The maximum absolute atomic E-state index is 11.7. The Balaban J connectivity index is 2.60. The average Bonchev–Trinajstić information content (AvgIpc) is 2.27. The zero-order valence-electron chi connectivity index (χ0n) is 9.66. The largest absolute Gasteiger partial charge is 0.351 e. The Morgan fingerprint density at radius 1 is 1.50 bits per heavy atom. The summed E-state index contributed by atoms with van der Waals surface area (Å²) < 4.78 is 0.0118. The number of aromatic nitrogens is 1. The van der Waals surface area contributed by atoms with Crippen molar-refractivity contribution < 1.29 is 4.79 Å². The van der Waals surface area contributed by atoms with Crippen molar-refractivity contribution in [2.24, 2.45) is 0 Å². The van der Waals surface area contributed by atoms with E-state index in [4.69, 9.17) is 0 Å². The quantitative estimate of drug-likeness (QED) is 0.832. The summed E-state index contributed by atoms with van der Waals surface area (Å²) in [6.45, 7) is 4.71. The van der Waals surface area contributed by atoms with Crippen molar-refractivity contribution in [1.82, 2.24) is 10.3 Å². The van der Waals surface area contributed by atoms with E-state index in [0.29, 0.717) is 12.1 Å². The number of amides is 1. The molecule has 1 aromatic heterocycles. The van der Waals surface area contributed by atoms with Gasteiger partial charge < -0.3 is 10.3 Å². The molecule has 0 aliphatic carbocycles. The fourth-order valence-corrected chi connectivity index (χ4v) is 1.24. The number of carbonyl (C=O) groups is 1. The molecular formula is C11H16N2O2S. The van der Waals surface area contributed by atoms with Crippen LogP contribution < -0.4 is 10.9 Å². The number of hydrogen-bond donors (Lipinski definition) is 2. The highest BCUT2D eigenvalue weighted by molar-refractivity contribution is 7.99. The molecule has 0 aliphatic heterocycles. The maximum Gasteiger partial charge on any atom is 0.252 e. The van der Waals surface area contributed by atoms with Crippen LogP contribution in [0.1, 0.15) is 24.2 Å². The van der Waals surface area contributed by atoms with Gasteiger partial charge in [0.1, 0.15) is 0 Å². The molecule has 1 rings (SSSR count). The molecule has 1 amide bonds. The second-order valence-electron chi connectivity index (χ2n) is 4.09. The molecule has 0 fully saturated rings. The van der Waals surface area contributed by atoms with Gasteiger partial charge in [-0.2, -0.15) is 11.8 Å². The summed E-state index contributed by atoms with van der Waals surface area (Å²) in [6.07, 6.45) is 3.43. The lowest BCUT2D eigenvalue weighted by atomic mass is 10.2. The fourth-order valence-electron chi connectivity index (χ4n) is 1.02. The van der Waals surface area contributed by atoms with Gasteiger partial charge in [-0.05, 0) is 26.2 Å². The van der Waals surface area contributed by atoms with E-state index in [2.05, 4.69) is 24.1 Å². The van der Waals surface area contributed by atoms with E-state index < -0.39 is 0 Å². The highest BCUT2D eigenvalue weighted by Crippen LogP contribution is 2.19. The molecule has 0 unspecified atom stereocenters. The van der Waals surface area contributed by atoms with Crippen LogP contribution in [-0.2, 0) is 0 Å². The number of hydrogen-bond acceptors (Lipinski definition) is 3. The fraction of sp³-hybridized carbons (Fsp3) is 0.455. The van der Waals surface area contributed by atoms with Crippen molar-refractivity contribution in [3.05, 3.63) is 34.2 Å². The van der Waals surface area contributed by atoms with Crippen LogP contribution in [-0.4, -0.2) is 28.4 Å². The van der Waals surface area contributed by atoms with Crippen molar-refractivity contribution in [2.75, 3.05) is 12.8 Å². The summed E-state index contributed by atoms with van der Waals surface area (Å²) in [5.74, 6) is -0.168. The van der Waals surface area contributed by atoms with Crippen molar-refractivity contribution in [2.45, 2.75) is 18.6 Å². The van der Waals surface area contributed by atoms with E-state index in [-0.39, 0.29) is 16.2 Å². The third-order valence-electron chi connectivity index (χ3n) is 2.27. The second kappa shape index (κ2) is 5.21. The van der Waals surface area contributed by atoms with E-state index in [0.717, 1.165) is 0 Å². The van der Waals surface area contributed by atoms with Crippen LogP contribution in [0.2, 0.25) is 0 Å². The van der Waals surface area contributed by atoms with Crippen molar-refractivity contribution in [3.8, 4) is 0 Å². The molecular weight excluding hydrogens is 224 g/mol. The molecule has 1 heterocycles. The summed E-state index contributed by atoms with van der Waals surface area (Å²) in [5.41, 5.74) is 0.262. The summed E-state index contributed by atoms with van der Waals surface area (Å²) >= 11 is 1.69. The van der Waals surface area contributed by atoms with E-state index in [1.54, 1.807) is 11.8 Å². The molecule has 0 spiro atoms. The van der Waals surface area contributed by atoms with Gasteiger partial charge in [-0.1, -0.05) is 0 Å². The molecule has 0 radical (unpaired) electrons. The lowest BCUT2D eigenvalue weighted by molar-refractivity contribution is 0.0950. The molecule has 0 atom stereocenters. The summed E-state index contributed by atoms with van der Waals surface area (Å²) in [5, 5.41) is 2.83. The van der Waals surface area contributed by atoms with Gasteiger partial charge in [0.25, 0.3) is 5.91 Å². The lowest BCUT2D eigenvalue weighted by Gasteiger charge is -2.22. The molecule has 4 nitrogen and oxygen atoms in total. The highest BCUT2D eigenvalue weighted by atomic mass is 32.2. The van der Waals surface area contributed by atoms with Crippen LogP contribution in [0.5, 0.6) is 0 Å². The second-order valence-corrected chi connectivity index (χ2v) is 5.60. The molecule has 0 bridgehead atoms. The van der Waals surface area contributed by atoms with Gasteiger partial charge >= 0.3 is 0 Å². The maximum atomic E-state index is 11.7. The normalized spacial score (nSPS) is 11.2. The molecule has 16 heavy (non-hydrogen) atoms. The number of rotatable bonds is 4. The first-order valence-electron chi connectivity index (χ1n) is 4.97. The number of carbonyl (C=O) groups excluding carboxylic acids is 1. The smallest absolute Gasteiger partial charge is 0.252 e. The standard InChI is InChI=1S/C11H16N2O2S/c1-11(2,16-3)7-13-10(15)8-4-5-9(14)12-6-8/h4-6H,7H2,1-3H3,(H,12,14)(H,13,15). The summed E-state index contributed by atoms with van der Waals surface area (Å²) in [4.78, 5) is 25.0. The Bertz CT molecular complexity index is 406. The van der Waals surface area contributed by atoms with Crippen LogP contribution in [0, 0.1) is 0 Å². The molecule has 5 heteroatoms. The number of aromatic amines is 1. The highest BCUT2D eigenvalue weighted by Gasteiger charge is 2.17.